The molecule has 0 bridgehead atoms. The van der Waals surface area contributed by atoms with Gasteiger partial charge in [0.15, 0.2) is 0 Å². The van der Waals surface area contributed by atoms with E-state index in [1.54, 1.807) is 4.68 Å². The smallest absolute Gasteiger partial charge is 0.263 e. The zero-order chi connectivity index (χ0) is 15.0. The van der Waals surface area contributed by atoms with Crippen molar-refractivity contribution < 1.29 is 4.79 Å². The molecule has 2 heterocycles. The molecule has 1 atom stereocenters. The van der Waals surface area contributed by atoms with Gasteiger partial charge in [-0.05, 0) is 32.1 Å². The minimum atomic E-state index is -0.0670. The molecule has 2 aromatic rings. The fourth-order valence-corrected chi connectivity index (χ4v) is 3.96. The molecular weight excluding hydrogens is 284 g/mol. The molecular formula is C15H20N4OS. The standard InChI is InChI=1S/C15H20N4OS/c1-9-11-12(16)13(21-15(11)19(2)18-9)14(20)17-8-10-6-4-3-5-7-10/h3-4,10H,5-8,16H2,1-2H3,(H,17,20). The molecule has 5 nitrogen and oxygen atoms in total. The second-order valence-electron chi connectivity index (χ2n) is 5.59. The van der Waals surface area contributed by atoms with E-state index in [9.17, 15) is 4.79 Å². The number of nitrogens with zero attached hydrogens (tertiary/aromatic N) is 2. The number of carbonyl (C=O) groups excluding carboxylic acids is 1. The number of amides is 1. The van der Waals surface area contributed by atoms with E-state index in [0.717, 1.165) is 35.2 Å². The average Bonchev–Trinajstić information content (AvgIpc) is 2.97. The highest BCUT2D eigenvalue weighted by Gasteiger charge is 2.21. The Bertz CT molecular complexity index is 713. The first-order valence-electron chi connectivity index (χ1n) is 7.22. The number of nitrogens with two attached hydrogens (primary N) is 1. The SMILES string of the molecule is Cc1nn(C)c2sc(C(=O)NCC3CC=CCC3)c(N)c12. The van der Waals surface area contributed by atoms with Crippen molar-refractivity contribution in [3.8, 4) is 0 Å². The highest BCUT2D eigenvalue weighted by molar-refractivity contribution is 7.21. The van der Waals surface area contributed by atoms with Crippen LogP contribution in [0.2, 0.25) is 0 Å². The summed E-state index contributed by atoms with van der Waals surface area (Å²) < 4.78 is 1.79. The Morgan fingerprint density at radius 1 is 1.57 bits per heavy atom. The van der Waals surface area contributed by atoms with Crippen LogP contribution in [0.1, 0.15) is 34.6 Å². The van der Waals surface area contributed by atoms with E-state index in [2.05, 4.69) is 22.6 Å². The van der Waals surface area contributed by atoms with Gasteiger partial charge in [-0.25, -0.2) is 0 Å². The maximum absolute atomic E-state index is 12.4. The first kappa shape index (κ1) is 14.1. The van der Waals surface area contributed by atoms with Crippen LogP contribution in [0.25, 0.3) is 10.2 Å². The number of allylic oxidation sites excluding steroid dienone is 2. The third-order valence-corrected chi connectivity index (χ3v) is 5.29. The lowest BCUT2D eigenvalue weighted by Gasteiger charge is -2.17. The predicted molar refractivity (Wildman–Crippen MR) is 86.6 cm³/mol. The molecule has 0 fully saturated rings. The van der Waals surface area contributed by atoms with Crippen LogP contribution in [-0.4, -0.2) is 22.2 Å². The lowest BCUT2D eigenvalue weighted by Crippen LogP contribution is -2.29. The quantitative estimate of drug-likeness (QED) is 0.856. The van der Waals surface area contributed by atoms with E-state index in [-0.39, 0.29) is 5.91 Å². The number of nitrogen functional groups attached to an aromatic ring is 1. The van der Waals surface area contributed by atoms with Crippen molar-refractivity contribution >= 4 is 33.1 Å². The molecule has 0 aromatic carbocycles. The third kappa shape index (κ3) is 2.55. The van der Waals surface area contributed by atoms with Crippen LogP contribution < -0.4 is 11.1 Å². The molecule has 1 aliphatic rings. The Balaban J connectivity index is 1.77. The molecule has 21 heavy (non-hydrogen) atoms. The summed E-state index contributed by atoms with van der Waals surface area (Å²) in [6.45, 7) is 2.63. The Morgan fingerprint density at radius 3 is 3.05 bits per heavy atom. The van der Waals surface area contributed by atoms with Gasteiger partial charge in [-0.3, -0.25) is 9.48 Å². The molecule has 1 unspecified atom stereocenters. The van der Waals surface area contributed by atoms with Crippen LogP contribution >= 0.6 is 11.3 Å². The predicted octanol–water partition coefficient (Wildman–Crippen LogP) is 2.61. The minimum Gasteiger partial charge on any atom is -0.397 e. The number of rotatable bonds is 3. The summed E-state index contributed by atoms with van der Waals surface area (Å²) in [5.41, 5.74) is 7.58. The number of fused-ring (bicyclic) bond motifs is 1. The topological polar surface area (TPSA) is 72.9 Å². The second-order valence-corrected chi connectivity index (χ2v) is 6.59. The molecule has 0 saturated heterocycles. The van der Waals surface area contributed by atoms with E-state index < -0.39 is 0 Å². The van der Waals surface area contributed by atoms with Gasteiger partial charge >= 0.3 is 0 Å². The van der Waals surface area contributed by atoms with Crippen molar-refractivity contribution in [2.45, 2.75) is 26.2 Å². The number of carbonyl (C=O) groups is 1. The monoisotopic (exact) mass is 304 g/mol. The molecule has 6 heteroatoms. The van der Waals surface area contributed by atoms with Gasteiger partial charge in [0.2, 0.25) is 0 Å². The molecule has 2 aromatic heterocycles. The van der Waals surface area contributed by atoms with E-state index in [4.69, 9.17) is 5.73 Å². The van der Waals surface area contributed by atoms with Crippen LogP contribution in [0, 0.1) is 12.8 Å². The van der Waals surface area contributed by atoms with Gasteiger partial charge in [-0.15, -0.1) is 11.3 Å². The first-order chi connectivity index (χ1) is 10.1. The summed E-state index contributed by atoms with van der Waals surface area (Å²) in [6, 6.07) is 0. The van der Waals surface area contributed by atoms with Crippen molar-refractivity contribution in [1.82, 2.24) is 15.1 Å². The number of thiophene rings is 1. The van der Waals surface area contributed by atoms with Crippen LogP contribution in [0.4, 0.5) is 5.69 Å². The normalized spacial score (nSPS) is 18.3. The van der Waals surface area contributed by atoms with Crippen molar-refractivity contribution in [1.29, 1.82) is 0 Å². The molecule has 0 aliphatic heterocycles. The summed E-state index contributed by atoms with van der Waals surface area (Å²) in [5, 5.41) is 8.28. The molecule has 1 amide bonds. The largest absolute Gasteiger partial charge is 0.397 e. The van der Waals surface area contributed by atoms with Gasteiger partial charge in [-0.2, -0.15) is 5.10 Å². The number of hydrogen-bond donors (Lipinski definition) is 2. The Hall–Kier alpha value is -1.82. The molecule has 1 aliphatic carbocycles. The summed E-state index contributed by atoms with van der Waals surface area (Å²) in [4.78, 5) is 13.9. The summed E-state index contributed by atoms with van der Waals surface area (Å²) in [5.74, 6) is 0.473. The Kier molecular flexibility index (Phi) is 3.71. The molecule has 112 valence electrons. The van der Waals surface area contributed by atoms with Gasteiger partial charge in [0, 0.05) is 13.6 Å². The van der Waals surface area contributed by atoms with Gasteiger partial charge in [0.1, 0.15) is 9.71 Å². The third-order valence-electron chi connectivity index (χ3n) is 4.02. The van der Waals surface area contributed by atoms with Crippen LogP contribution in [0.5, 0.6) is 0 Å². The number of nitrogens with one attached hydrogen (secondary N) is 1. The van der Waals surface area contributed by atoms with Crippen molar-refractivity contribution in [2.24, 2.45) is 13.0 Å². The Morgan fingerprint density at radius 2 is 2.38 bits per heavy atom. The maximum Gasteiger partial charge on any atom is 0.263 e. The second kappa shape index (κ2) is 5.52. The molecule has 3 N–H and O–H groups in total. The fraction of sp³-hybridized carbons (Fsp3) is 0.467. The summed E-state index contributed by atoms with van der Waals surface area (Å²) in [7, 11) is 1.88. The average molecular weight is 304 g/mol. The molecule has 0 saturated carbocycles. The molecule has 0 radical (unpaired) electrons. The first-order valence-corrected chi connectivity index (χ1v) is 8.04. The molecule has 3 rings (SSSR count). The van der Waals surface area contributed by atoms with E-state index in [1.165, 1.54) is 11.3 Å². The highest BCUT2D eigenvalue weighted by Crippen LogP contribution is 2.35. The van der Waals surface area contributed by atoms with Crippen LogP contribution in [-0.2, 0) is 7.05 Å². The van der Waals surface area contributed by atoms with E-state index >= 15 is 0 Å². The van der Waals surface area contributed by atoms with E-state index in [1.807, 2.05) is 14.0 Å². The van der Waals surface area contributed by atoms with Crippen molar-refractivity contribution in [3.05, 3.63) is 22.7 Å². The minimum absolute atomic E-state index is 0.0670. The highest BCUT2D eigenvalue weighted by atomic mass is 32.1. The van der Waals surface area contributed by atoms with Crippen molar-refractivity contribution in [3.63, 3.8) is 0 Å². The molecule has 0 spiro atoms. The van der Waals surface area contributed by atoms with Crippen molar-refractivity contribution in [2.75, 3.05) is 12.3 Å². The number of aromatic nitrogens is 2. The van der Waals surface area contributed by atoms with Gasteiger partial charge in [0.25, 0.3) is 5.91 Å². The van der Waals surface area contributed by atoms with Gasteiger partial charge < -0.3 is 11.1 Å². The number of anilines is 1. The lowest BCUT2D eigenvalue weighted by molar-refractivity contribution is 0.0951. The summed E-state index contributed by atoms with van der Waals surface area (Å²) >= 11 is 1.42. The maximum atomic E-state index is 12.4. The van der Waals surface area contributed by atoms with E-state index in [0.29, 0.717) is 23.0 Å². The van der Waals surface area contributed by atoms with Gasteiger partial charge in [-0.1, -0.05) is 12.2 Å². The van der Waals surface area contributed by atoms with Gasteiger partial charge in [0.05, 0.1) is 16.8 Å². The zero-order valence-corrected chi connectivity index (χ0v) is 13.2. The zero-order valence-electron chi connectivity index (χ0n) is 12.3. The van der Waals surface area contributed by atoms with Crippen LogP contribution in [0.3, 0.4) is 0 Å². The number of hydrogen-bond acceptors (Lipinski definition) is 4. The van der Waals surface area contributed by atoms with Crippen LogP contribution in [0.15, 0.2) is 12.2 Å². The number of aryl methyl sites for hydroxylation is 2. The fourth-order valence-electron chi connectivity index (χ4n) is 2.86. The Labute approximate surface area is 127 Å². The summed E-state index contributed by atoms with van der Waals surface area (Å²) in [6.07, 6.45) is 7.70. The lowest BCUT2D eigenvalue weighted by atomic mass is 9.94.